The third kappa shape index (κ3) is 4.67. The molecule has 0 unspecified atom stereocenters. The average Bonchev–Trinajstić information content (AvgIpc) is 2.59. The minimum Gasteiger partial charge on any atom is -0.322 e. The molecule has 2 amide bonds. The predicted octanol–water partition coefficient (Wildman–Crippen LogP) is 4.39. The van der Waals surface area contributed by atoms with Crippen molar-refractivity contribution in [2.45, 2.75) is 33.1 Å². The van der Waals surface area contributed by atoms with Crippen molar-refractivity contribution in [1.82, 2.24) is 0 Å². The molecule has 7 heteroatoms. The maximum atomic E-state index is 13.8. The second kappa shape index (κ2) is 7.82. The fraction of sp³-hybridized carbons (Fsp3) is 0.300. The molecule has 2 rings (SSSR count). The van der Waals surface area contributed by atoms with Crippen LogP contribution in [0.15, 0.2) is 36.4 Å². The zero-order valence-corrected chi connectivity index (χ0v) is 15.6. The van der Waals surface area contributed by atoms with E-state index in [0.29, 0.717) is 11.8 Å². The number of nitrogens with zero attached hydrogens (tertiary/aromatic N) is 1. The van der Waals surface area contributed by atoms with Crippen molar-refractivity contribution >= 4 is 23.2 Å². The average molecular weight is 378 g/mol. The molecule has 0 saturated carbocycles. The van der Waals surface area contributed by atoms with Crippen molar-refractivity contribution in [1.29, 1.82) is 0 Å². The lowest BCUT2D eigenvalue weighted by Crippen LogP contribution is -2.38. The largest absolute Gasteiger partial charge is 0.322 e. The third-order valence-corrected chi connectivity index (χ3v) is 3.99. The van der Waals surface area contributed by atoms with Crippen molar-refractivity contribution in [3.8, 4) is 0 Å². The molecule has 144 valence electrons. The molecule has 0 fully saturated rings. The summed E-state index contributed by atoms with van der Waals surface area (Å²) < 4.78 is 40.1. The van der Waals surface area contributed by atoms with Crippen LogP contribution in [0, 0.1) is 17.5 Å². The highest BCUT2D eigenvalue weighted by Gasteiger charge is 2.25. The SMILES string of the molecule is CC(=O)N(CC(=O)Nc1ccc(F)c(F)c1F)c1ccccc1C(C)(C)C. The first-order valence-electron chi connectivity index (χ1n) is 8.33. The van der Waals surface area contributed by atoms with Gasteiger partial charge in [0.15, 0.2) is 17.5 Å². The highest BCUT2D eigenvalue weighted by molar-refractivity contribution is 6.02. The fourth-order valence-corrected chi connectivity index (χ4v) is 2.67. The van der Waals surface area contributed by atoms with E-state index in [1.807, 2.05) is 32.9 Å². The summed E-state index contributed by atoms with van der Waals surface area (Å²) in [5.41, 5.74) is 0.629. The van der Waals surface area contributed by atoms with Gasteiger partial charge in [-0.1, -0.05) is 39.0 Å². The van der Waals surface area contributed by atoms with Gasteiger partial charge in [0.1, 0.15) is 6.54 Å². The van der Waals surface area contributed by atoms with Crippen LogP contribution in [-0.4, -0.2) is 18.4 Å². The van der Waals surface area contributed by atoms with Gasteiger partial charge < -0.3 is 10.2 Å². The van der Waals surface area contributed by atoms with E-state index in [9.17, 15) is 22.8 Å². The summed E-state index contributed by atoms with van der Waals surface area (Å²) in [6.45, 7) is 6.83. The normalized spacial score (nSPS) is 11.2. The second-order valence-corrected chi connectivity index (χ2v) is 7.14. The van der Waals surface area contributed by atoms with Crippen LogP contribution in [0.25, 0.3) is 0 Å². The Morgan fingerprint density at radius 3 is 2.22 bits per heavy atom. The Bertz CT molecular complexity index is 876. The molecule has 0 aliphatic heterocycles. The fourth-order valence-electron chi connectivity index (χ4n) is 2.67. The molecule has 0 aliphatic rings. The molecule has 0 aromatic heterocycles. The lowest BCUT2D eigenvalue weighted by Gasteiger charge is -2.29. The minimum atomic E-state index is -1.67. The molecule has 0 atom stereocenters. The number of carbonyl (C=O) groups is 2. The topological polar surface area (TPSA) is 49.4 Å². The second-order valence-electron chi connectivity index (χ2n) is 7.14. The van der Waals surface area contributed by atoms with Crippen molar-refractivity contribution in [2.75, 3.05) is 16.8 Å². The number of rotatable bonds is 4. The Balaban J connectivity index is 2.29. The molecule has 1 N–H and O–H groups in total. The van der Waals surface area contributed by atoms with Gasteiger partial charge in [-0.05, 0) is 29.2 Å². The van der Waals surface area contributed by atoms with Crippen molar-refractivity contribution in [3.63, 3.8) is 0 Å². The van der Waals surface area contributed by atoms with Gasteiger partial charge in [0, 0.05) is 12.6 Å². The van der Waals surface area contributed by atoms with E-state index in [4.69, 9.17) is 0 Å². The molecule has 2 aromatic carbocycles. The van der Waals surface area contributed by atoms with Crippen LogP contribution in [0.5, 0.6) is 0 Å². The lowest BCUT2D eigenvalue weighted by atomic mass is 9.85. The molecule has 0 heterocycles. The summed E-state index contributed by atoms with van der Waals surface area (Å²) in [5.74, 6) is -5.64. The minimum absolute atomic E-state index is 0.285. The highest BCUT2D eigenvalue weighted by Crippen LogP contribution is 2.32. The molecule has 4 nitrogen and oxygen atoms in total. The number of halogens is 3. The summed E-state index contributed by atoms with van der Waals surface area (Å²) in [6, 6.07) is 8.79. The Hall–Kier alpha value is -2.83. The maximum Gasteiger partial charge on any atom is 0.244 e. The number of nitrogens with one attached hydrogen (secondary N) is 1. The van der Waals surface area contributed by atoms with E-state index >= 15 is 0 Å². The van der Waals surface area contributed by atoms with Gasteiger partial charge in [-0.15, -0.1) is 0 Å². The lowest BCUT2D eigenvalue weighted by molar-refractivity contribution is -0.120. The Kier molecular flexibility index (Phi) is 5.93. The van der Waals surface area contributed by atoms with Crippen LogP contribution >= 0.6 is 0 Å². The van der Waals surface area contributed by atoms with Crippen LogP contribution in [0.1, 0.15) is 33.3 Å². The zero-order chi connectivity index (χ0) is 20.4. The maximum absolute atomic E-state index is 13.8. The molecular weight excluding hydrogens is 357 g/mol. The summed E-state index contributed by atoms with van der Waals surface area (Å²) in [7, 11) is 0. The number of para-hydroxylation sites is 1. The van der Waals surface area contributed by atoms with Gasteiger partial charge in [-0.2, -0.15) is 0 Å². The first kappa shape index (κ1) is 20.5. The number of amides is 2. The first-order valence-corrected chi connectivity index (χ1v) is 8.33. The summed E-state index contributed by atoms with van der Waals surface area (Å²) >= 11 is 0. The Morgan fingerprint density at radius 2 is 1.63 bits per heavy atom. The zero-order valence-electron chi connectivity index (χ0n) is 15.6. The van der Waals surface area contributed by atoms with Crippen LogP contribution in [-0.2, 0) is 15.0 Å². The van der Waals surface area contributed by atoms with Gasteiger partial charge in [0.25, 0.3) is 0 Å². The molecule has 2 aromatic rings. The first-order chi connectivity index (χ1) is 12.5. The summed E-state index contributed by atoms with van der Waals surface area (Å²) in [6.07, 6.45) is 0. The molecular formula is C20H21F3N2O2. The molecule has 0 aliphatic carbocycles. The summed E-state index contributed by atoms with van der Waals surface area (Å²) in [5, 5.41) is 2.18. The van der Waals surface area contributed by atoms with E-state index in [1.165, 1.54) is 11.8 Å². The van der Waals surface area contributed by atoms with Crippen molar-refractivity contribution < 1.29 is 22.8 Å². The molecule has 0 saturated heterocycles. The van der Waals surface area contributed by atoms with Gasteiger partial charge in [0.2, 0.25) is 11.8 Å². The van der Waals surface area contributed by atoms with E-state index in [2.05, 4.69) is 5.32 Å². The quantitative estimate of drug-likeness (QED) is 0.802. The van der Waals surface area contributed by atoms with Gasteiger partial charge in [-0.3, -0.25) is 9.59 Å². The number of benzene rings is 2. The summed E-state index contributed by atoms with van der Waals surface area (Å²) in [4.78, 5) is 25.7. The van der Waals surface area contributed by atoms with E-state index in [0.717, 1.165) is 11.6 Å². The number of anilines is 2. The monoisotopic (exact) mass is 378 g/mol. The molecule has 0 spiro atoms. The van der Waals surface area contributed by atoms with Gasteiger partial charge in [0.05, 0.1) is 5.69 Å². The van der Waals surface area contributed by atoms with E-state index in [1.54, 1.807) is 12.1 Å². The van der Waals surface area contributed by atoms with Gasteiger partial charge in [-0.25, -0.2) is 13.2 Å². The standard InChI is InChI=1S/C20H21F3N2O2/c1-12(26)25(16-8-6-5-7-13(16)20(2,3)4)11-17(27)24-15-10-9-14(21)18(22)19(15)23/h5-10H,11H2,1-4H3,(H,24,27). The third-order valence-electron chi connectivity index (χ3n) is 3.99. The smallest absolute Gasteiger partial charge is 0.244 e. The molecule has 27 heavy (non-hydrogen) atoms. The van der Waals surface area contributed by atoms with Crippen LogP contribution in [0.4, 0.5) is 24.5 Å². The van der Waals surface area contributed by atoms with E-state index in [-0.39, 0.29) is 11.3 Å². The molecule has 0 bridgehead atoms. The predicted molar refractivity (Wildman–Crippen MR) is 98.1 cm³/mol. The Morgan fingerprint density at radius 1 is 1.00 bits per heavy atom. The number of hydrogen-bond donors (Lipinski definition) is 1. The van der Waals surface area contributed by atoms with Crippen LogP contribution < -0.4 is 10.2 Å². The van der Waals surface area contributed by atoms with Gasteiger partial charge >= 0.3 is 0 Å². The Labute approximate surface area is 156 Å². The number of hydrogen-bond acceptors (Lipinski definition) is 2. The number of carbonyl (C=O) groups excluding carboxylic acids is 2. The van der Waals surface area contributed by atoms with Crippen molar-refractivity contribution in [2.24, 2.45) is 0 Å². The highest BCUT2D eigenvalue weighted by atomic mass is 19.2. The van der Waals surface area contributed by atoms with E-state index < -0.39 is 35.6 Å². The van der Waals surface area contributed by atoms with Crippen molar-refractivity contribution in [3.05, 3.63) is 59.4 Å². The molecule has 0 radical (unpaired) electrons. The van der Waals surface area contributed by atoms with Crippen LogP contribution in [0.2, 0.25) is 0 Å². The van der Waals surface area contributed by atoms with Crippen LogP contribution in [0.3, 0.4) is 0 Å².